The predicted octanol–water partition coefficient (Wildman–Crippen LogP) is 3.25. The van der Waals surface area contributed by atoms with Crippen LogP contribution in [0.3, 0.4) is 0 Å². The zero-order valence-corrected chi connectivity index (χ0v) is 23.5. The van der Waals surface area contributed by atoms with E-state index in [0.29, 0.717) is 43.8 Å². The molecule has 36 heavy (non-hydrogen) atoms. The van der Waals surface area contributed by atoms with E-state index in [1.165, 1.54) is 0 Å². The molecule has 0 saturated carbocycles. The first kappa shape index (κ1) is 28.7. The molecule has 2 aliphatic rings. The van der Waals surface area contributed by atoms with Gasteiger partial charge in [-0.1, -0.05) is 3.89 Å². The third-order valence-electron chi connectivity index (χ3n) is 7.06. The van der Waals surface area contributed by atoms with E-state index >= 15 is 0 Å². The van der Waals surface area contributed by atoms with Crippen LogP contribution in [-0.2, 0) is 31.1 Å². The Balaban J connectivity index is 1.87. The van der Waals surface area contributed by atoms with Gasteiger partial charge in [-0.3, -0.25) is 4.90 Å². The van der Waals surface area contributed by atoms with Crippen LogP contribution in [0.25, 0.3) is 0 Å². The van der Waals surface area contributed by atoms with E-state index in [-0.39, 0.29) is 11.8 Å². The van der Waals surface area contributed by atoms with Gasteiger partial charge in [0.15, 0.2) is 0 Å². The number of hydrogen-bond donors (Lipinski definition) is 0. The van der Waals surface area contributed by atoms with Crippen molar-refractivity contribution >= 4 is 29.2 Å². The lowest BCUT2D eigenvalue weighted by Gasteiger charge is -2.36. The first-order valence-corrected chi connectivity index (χ1v) is 13.4. The number of halogens is 1. The van der Waals surface area contributed by atoms with Gasteiger partial charge in [0.25, 0.3) is 0 Å². The fraction of sp³-hybridized carbons (Fsp3) is 0.708. The van der Waals surface area contributed by atoms with Gasteiger partial charge in [-0.15, -0.1) is 0 Å². The first-order valence-electron chi connectivity index (χ1n) is 12.1. The van der Waals surface area contributed by atoms with Crippen molar-refractivity contribution in [1.82, 2.24) is 9.80 Å². The Morgan fingerprint density at radius 3 is 2.06 bits per heavy atom. The van der Waals surface area contributed by atoms with Gasteiger partial charge >= 0.3 is 23.7 Å². The van der Waals surface area contributed by atoms with Crippen LogP contribution < -0.4 is 9.65 Å². The standard InChI is InChI=1S/C24H38BFN2O7S/c1-16-18(15-27-10-12-28(13-11-27)21(29)32-22(3,4)5)14-19(33-36(26,30)31)17(2)20(16)25-34-23(6,7)24(8,9)35-25/h14H,10-13,15H2,1-9H3. The van der Waals surface area contributed by atoms with Crippen LogP contribution in [0, 0.1) is 13.8 Å². The molecule has 0 aliphatic carbocycles. The maximum Gasteiger partial charge on any atom is 0.495 e. The second kappa shape index (κ2) is 9.77. The number of carbonyl (C=O) groups excluding carboxylic acids is 1. The lowest BCUT2D eigenvalue weighted by molar-refractivity contribution is 0.00578. The van der Waals surface area contributed by atoms with Crippen LogP contribution in [0.4, 0.5) is 8.68 Å². The minimum absolute atomic E-state index is 0.102. The molecule has 0 unspecified atom stereocenters. The summed E-state index contributed by atoms with van der Waals surface area (Å²) < 4.78 is 58.9. The zero-order valence-electron chi connectivity index (χ0n) is 22.7. The molecule has 0 spiro atoms. The third-order valence-corrected chi connectivity index (χ3v) is 7.44. The fourth-order valence-electron chi connectivity index (χ4n) is 4.29. The number of nitrogens with zero attached hydrogens (tertiary/aromatic N) is 2. The van der Waals surface area contributed by atoms with Crippen molar-refractivity contribution in [1.29, 1.82) is 0 Å². The van der Waals surface area contributed by atoms with Gasteiger partial charge in [-0.05, 0) is 90.5 Å². The lowest BCUT2D eigenvalue weighted by atomic mass is 9.72. The Bertz CT molecular complexity index is 1090. The van der Waals surface area contributed by atoms with Crippen molar-refractivity contribution < 1.29 is 35.3 Å². The van der Waals surface area contributed by atoms with Gasteiger partial charge in [0.1, 0.15) is 11.4 Å². The molecule has 202 valence electrons. The topological polar surface area (TPSA) is 94.6 Å². The SMILES string of the molecule is Cc1c(CN2CCN(C(=O)OC(C)(C)C)CC2)cc(OS(=O)(=O)F)c(C)c1B1OC(C)(C)C(C)(C)O1. The van der Waals surface area contributed by atoms with Crippen LogP contribution in [0.15, 0.2) is 6.07 Å². The molecule has 12 heteroatoms. The normalized spacial score (nSPS) is 20.5. The number of rotatable bonds is 5. The molecule has 1 amide bonds. The molecule has 0 radical (unpaired) electrons. The quantitative estimate of drug-likeness (QED) is 0.425. The molecule has 2 heterocycles. The number of amides is 1. The molecule has 2 aliphatic heterocycles. The summed E-state index contributed by atoms with van der Waals surface area (Å²) in [5.41, 5.74) is 0.876. The monoisotopic (exact) mass is 528 g/mol. The summed E-state index contributed by atoms with van der Waals surface area (Å²) in [5, 5.41) is 0. The second-order valence-corrected chi connectivity index (χ2v) is 12.5. The van der Waals surface area contributed by atoms with Gasteiger partial charge in [0.05, 0.1) is 11.2 Å². The van der Waals surface area contributed by atoms with Crippen molar-refractivity contribution in [3.63, 3.8) is 0 Å². The molecule has 3 rings (SSSR count). The van der Waals surface area contributed by atoms with Crippen LogP contribution in [0.1, 0.15) is 65.2 Å². The maximum absolute atomic E-state index is 13.6. The molecular formula is C24H38BFN2O7S. The summed E-state index contributed by atoms with van der Waals surface area (Å²) >= 11 is 0. The van der Waals surface area contributed by atoms with E-state index < -0.39 is 34.4 Å². The summed E-state index contributed by atoms with van der Waals surface area (Å²) in [6.45, 7) is 19.4. The first-order chi connectivity index (χ1) is 16.3. The number of piperazine rings is 1. The number of carbonyl (C=O) groups is 1. The van der Waals surface area contributed by atoms with Crippen molar-refractivity contribution in [2.75, 3.05) is 26.2 Å². The summed E-state index contributed by atoms with van der Waals surface area (Å²) in [5.74, 6) is -0.102. The summed E-state index contributed by atoms with van der Waals surface area (Å²) in [6.07, 6.45) is -0.347. The van der Waals surface area contributed by atoms with Crippen molar-refractivity contribution in [2.24, 2.45) is 0 Å². The highest BCUT2D eigenvalue weighted by molar-refractivity contribution is 7.81. The molecule has 9 nitrogen and oxygen atoms in total. The number of ether oxygens (including phenoxy) is 1. The average molecular weight is 528 g/mol. The Morgan fingerprint density at radius 1 is 1.06 bits per heavy atom. The van der Waals surface area contributed by atoms with Crippen LogP contribution >= 0.6 is 0 Å². The van der Waals surface area contributed by atoms with E-state index in [1.807, 2.05) is 55.4 Å². The molecule has 0 N–H and O–H groups in total. The zero-order chi connectivity index (χ0) is 27.3. The molecule has 1 aromatic carbocycles. The number of hydrogen-bond acceptors (Lipinski definition) is 8. The van der Waals surface area contributed by atoms with Gasteiger partial charge in [0.2, 0.25) is 0 Å². The molecule has 1 aromatic rings. The van der Waals surface area contributed by atoms with E-state index in [2.05, 4.69) is 4.90 Å². The fourth-order valence-corrected chi connectivity index (χ4v) is 4.68. The Hall–Kier alpha value is -1.89. The van der Waals surface area contributed by atoms with Crippen LogP contribution in [0.5, 0.6) is 5.75 Å². The molecule has 0 atom stereocenters. The third kappa shape index (κ3) is 6.51. The summed E-state index contributed by atoms with van der Waals surface area (Å²) in [6, 6.07) is 1.55. The van der Waals surface area contributed by atoms with Gasteiger partial charge in [-0.2, -0.15) is 8.42 Å². The van der Waals surface area contributed by atoms with E-state index in [1.54, 1.807) is 17.9 Å². The van der Waals surface area contributed by atoms with E-state index in [4.69, 9.17) is 18.2 Å². The highest BCUT2D eigenvalue weighted by atomic mass is 32.3. The van der Waals surface area contributed by atoms with Crippen LogP contribution in [0.2, 0.25) is 0 Å². The van der Waals surface area contributed by atoms with Gasteiger partial charge in [-0.25, -0.2) is 4.79 Å². The minimum atomic E-state index is -5.23. The van der Waals surface area contributed by atoms with Crippen molar-refractivity contribution in [3.05, 3.63) is 22.8 Å². The van der Waals surface area contributed by atoms with Crippen molar-refractivity contribution in [2.45, 2.75) is 85.7 Å². The molecule has 0 bridgehead atoms. The average Bonchev–Trinajstić information content (AvgIpc) is 2.90. The maximum atomic E-state index is 13.6. The summed E-state index contributed by atoms with van der Waals surface area (Å²) in [7, 11) is -6.01. The Kier molecular flexibility index (Phi) is 7.79. The Labute approximate surface area is 214 Å². The minimum Gasteiger partial charge on any atom is -0.444 e. The van der Waals surface area contributed by atoms with E-state index in [9.17, 15) is 17.1 Å². The predicted molar refractivity (Wildman–Crippen MR) is 135 cm³/mol. The van der Waals surface area contributed by atoms with E-state index in [0.717, 1.165) is 11.1 Å². The van der Waals surface area contributed by atoms with Crippen LogP contribution in [-0.4, -0.2) is 74.4 Å². The highest BCUT2D eigenvalue weighted by Crippen LogP contribution is 2.38. The smallest absolute Gasteiger partial charge is 0.444 e. The van der Waals surface area contributed by atoms with Gasteiger partial charge in [0, 0.05) is 32.7 Å². The largest absolute Gasteiger partial charge is 0.495 e. The molecular weight excluding hydrogens is 490 g/mol. The lowest BCUT2D eigenvalue weighted by Crippen LogP contribution is -2.49. The molecule has 2 fully saturated rings. The number of benzene rings is 1. The molecule has 2 saturated heterocycles. The molecule has 0 aromatic heterocycles. The Morgan fingerprint density at radius 2 is 1.58 bits per heavy atom. The van der Waals surface area contributed by atoms with Gasteiger partial charge < -0.3 is 23.1 Å². The van der Waals surface area contributed by atoms with Crippen molar-refractivity contribution in [3.8, 4) is 5.75 Å². The summed E-state index contributed by atoms with van der Waals surface area (Å²) in [4.78, 5) is 16.2. The highest BCUT2D eigenvalue weighted by Gasteiger charge is 2.52. The second-order valence-electron chi connectivity index (χ2n) is 11.5.